The molecule has 3 rings (SSSR count). The standard InChI is InChI=1S/C16H23N3O2/c1-16(7-4-10-21-12-16)18-15(20)13-5-6-14(17-11-13)19-8-2-3-9-19/h5-6,11H,2-4,7-10,12H2,1H3,(H,18,20). The number of amides is 1. The molecule has 2 fully saturated rings. The zero-order chi connectivity index (χ0) is 14.7. The lowest BCUT2D eigenvalue weighted by Crippen LogP contribution is -2.51. The predicted octanol–water partition coefficient (Wildman–Crippen LogP) is 1.98. The van der Waals surface area contributed by atoms with Crippen molar-refractivity contribution in [1.29, 1.82) is 0 Å². The Kier molecular flexibility index (Phi) is 4.10. The second-order valence-electron chi connectivity index (χ2n) is 6.27. The molecule has 1 N–H and O–H groups in total. The van der Waals surface area contributed by atoms with E-state index in [1.54, 1.807) is 6.20 Å². The van der Waals surface area contributed by atoms with Crippen LogP contribution in [0.4, 0.5) is 5.82 Å². The Morgan fingerprint density at radius 1 is 1.33 bits per heavy atom. The summed E-state index contributed by atoms with van der Waals surface area (Å²) in [6, 6.07) is 3.81. The minimum Gasteiger partial charge on any atom is -0.379 e. The van der Waals surface area contributed by atoms with Gasteiger partial charge >= 0.3 is 0 Å². The van der Waals surface area contributed by atoms with Crippen molar-refractivity contribution in [3.63, 3.8) is 0 Å². The number of ether oxygens (including phenoxy) is 1. The van der Waals surface area contributed by atoms with E-state index in [1.807, 2.05) is 19.1 Å². The maximum Gasteiger partial charge on any atom is 0.253 e. The fourth-order valence-corrected chi connectivity index (χ4v) is 3.03. The van der Waals surface area contributed by atoms with E-state index in [0.717, 1.165) is 38.4 Å². The molecule has 1 atom stereocenters. The quantitative estimate of drug-likeness (QED) is 0.924. The lowest BCUT2D eigenvalue weighted by Gasteiger charge is -2.34. The third kappa shape index (κ3) is 3.35. The topological polar surface area (TPSA) is 54.5 Å². The highest BCUT2D eigenvalue weighted by atomic mass is 16.5. The monoisotopic (exact) mass is 289 g/mol. The Morgan fingerprint density at radius 2 is 2.14 bits per heavy atom. The number of aromatic nitrogens is 1. The van der Waals surface area contributed by atoms with Crippen LogP contribution in [0.15, 0.2) is 18.3 Å². The molecule has 2 aliphatic heterocycles. The van der Waals surface area contributed by atoms with Gasteiger partial charge in [0.15, 0.2) is 0 Å². The normalized spacial score (nSPS) is 25.9. The molecule has 1 amide bonds. The summed E-state index contributed by atoms with van der Waals surface area (Å²) < 4.78 is 5.47. The minimum absolute atomic E-state index is 0.0662. The molecule has 0 bridgehead atoms. The van der Waals surface area contributed by atoms with Crippen molar-refractivity contribution < 1.29 is 9.53 Å². The number of carbonyl (C=O) groups is 1. The molecule has 1 unspecified atom stereocenters. The highest BCUT2D eigenvalue weighted by molar-refractivity contribution is 5.94. The third-order valence-electron chi connectivity index (χ3n) is 4.29. The van der Waals surface area contributed by atoms with Crippen molar-refractivity contribution in [2.24, 2.45) is 0 Å². The molecule has 2 aliphatic rings. The van der Waals surface area contributed by atoms with Crippen molar-refractivity contribution in [1.82, 2.24) is 10.3 Å². The van der Waals surface area contributed by atoms with E-state index >= 15 is 0 Å². The van der Waals surface area contributed by atoms with E-state index < -0.39 is 0 Å². The molecule has 5 nitrogen and oxygen atoms in total. The lowest BCUT2D eigenvalue weighted by molar-refractivity contribution is 0.0272. The van der Waals surface area contributed by atoms with Gasteiger partial charge in [0.05, 0.1) is 17.7 Å². The number of anilines is 1. The minimum atomic E-state index is -0.261. The van der Waals surface area contributed by atoms with Crippen LogP contribution in [-0.2, 0) is 4.74 Å². The Bertz CT molecular complexity index is 489. The summed E-state index contributed by atoms with van der Waals surface area (Å²) in [6.45, 7) is 5.54. The van der Waals surface area contributed by atoms with Gasteiger partial charge in [-0.25, -0.2) is 4.98 Å². The molecule has 0 saturated carbocycles. The first kappa shape index (κ1) is 14.3. The number of nitrogens with zero attached hydrogens (tertiary/aromatic N) is 2. The second-order valence-corrected chi connectivity index (χ2v) is 6.27. The Labute approximate surface area is 125 Å². The summed E-state index contributed by atoms with van der Waals surface area (Å²) in [5.41, 5.74) is 0.355. The molecule has 0 spiro atoms. The smallest absolute Gasteiger partial charge is 0.253 e. The van der Waals surface area contributed by atoms with Gasteiger partial charge in [-0.1, -0.05) is 0 Å². The van der Waals surface area contributed by atoms with Crippen molar-refractivity contribution in [2.75, 3.05) is 31.2 Å². The van der Waals surface area contributed by atoms with Crippen molar-refractivity contribution in [3.8, 4) is 0 Å². The molecule has 1 aromatic heterocycles. The van der Waals surface area contributed by atoms with Crippen LogP contribution in [0, 0.1) is 0 Å². The summed E-state index contributed by atoms with van der Waals surface area (Å²) in [4.78, 5) is 19.0. The number of pyridine rings is 1. The molecule has 5 heteroatoms. The van der Waals surface area contributed by atoms with Gasteiger partial charge in [-0.15, -0.1) is 0 Å². The highest BCUT2D eigenvalue weighted by Gasteiger charge is 2.29. The number of rotatable bonds is 3. The third-order valence-corrected chi connectivity index (χ3v) is 4.29. The van der Waals surface area contributed by atoms with Crippen molar-refractivity contribution in [2.45, 2.75) is 38.1 Å². The SMILES string of the molecule is CC1(NC(=O)c2ccc(N3CCCC3)nc2)CCCOC1. The molecule has 0 aromatic carbocycles. The maximum atomic E-state index is 12.3. The predicted molar refractivity (Wildman–Crippen MR) is 81.6 cm³/mol. The van der Waals surface area contributed by atoms with Crippen LogP contribution in [0.25, 0.3) is 0 Å². The summed E-state index contributed by atoms with van der Waals surface area (Å²) in [5.74, 6) is 0.903. The molecule has 21 heavy (non-hydrogen) atoms. The molecule has 0 aliphatic carbocycles. The number of hydrogen-bond acceptors (Lipinski definition) is 4. The lowest BCUT2D eigenvalue weighted by atomic mass is 9.94. The molecular weight excluding hydrogens is 266 g/mol. The first-order valence-electron chi connectivity index (χ1n) is 7.78. The fourth-order valence-electron chi connectivity index (χ4n) is 3.03. The molecular formula is C16H23N3O2. The van der Waals surface area contributed by atoms with Crippen LogP contribution >= 0.6 is 0 Å². The number of nitrogens with one attached hydrogen (secondary N) is 1. The number of hydrogen-bond donors (Lipinski definition) is 1. The second kappa shape index (κ2) is 6.02. The fraction of sp³-hybridized carbons (Fsp3) is 0.625. The molecule has 3 heterocycles. The first-order chi connectivity index (χ1) is 10.2. The Hall–Kier alpha value is -1.62. The van der Waals surface area contributed by atoms with Gasteiger partial charge in [0.1, 0.15) is 5.82 Å². The van der Waals surface area contributed by atoms with E-state index in [9.17, 15) is 4.79 Å². The van der Waals surface area contributed by atoms with Gasteiger partial charge in [0.2, 0.25) is 0 Å². The van der Waals surface area contributed by atoms with Gasteiger partial charge in [-0.05, 0) is 44.7 Å². The summed E-state index contributed by atoms with van der Waals surface area (Å²) in [6.07, 6.45) is 6.07. The van der Waals surface area contributed by atoms with Gasteiger partial charge in [0, 0.05) is 25.9 Å². The van der Waals surface area contributed by atoms with Crippen LogP contribution in [-0.4, -0.2) is 42.7 Å². The molecule has 1 aromatic rings. The van der Waals surface area contributed by atoms with Crippen LogP contribution < -0.4 is 10.2 Å². The summed E-state index contributed by atoms with van der Waals surface area (Å²) in [5, 5.41) is 3.08. The largest absolute Gasteiger partial charge is 0.379 e. The molecule has 2 saturated heterocycles. The van der Waals surface area contributed by atoms with Gasteiger partial charge in [-0.2, -0.15) is 0 Å². The average Bonchev–Trinajstić information content (AvgIpc) is 3.02. The maximum absolute atomic E-state index is 12.3. The summed E-state index contributed by atoms with van der Waals surface area (Å²) >= 11 is 0. The van der Waals surface area contributed by atoms with Crippen LogP contribution in [0.1, 0.15) is 43.0 Å². The zero-order valence-corrected chi connectivity index (χ0v) is 12.6. The van der Waals surface area contributed by atoms with Crippen molar-refractivity contribution >= 4 is 11.7 Å². The van der Waals surface area contributed by atoms with Crippen LogP contribution in [0.3, 0.4) is 0 Å². The average molecular weight is 289 g/mol. The van der Waals surface area contributed by atoms with Crippen LogP contribution in [0.2, 0.25) is 0 Å². The Morgan fingerprint density at radius 3 is 2.76 bits per heavy atom. The first-order valence-corrected chi connectivity index (χ1v) is 7.78. The van der Waals surface area contributed by atoms with E-state index in [0.29, 0.717) is 12.2 Å². The highest BCUT2D eigenvalue weighted by Crippen LogP contribution is 2.20. The number of carbonyl (C=O) groups excluding carboxylic acids is 1. The van der Waals surface area contributed by atoms with Gasteiger partial charge < -0.3 is 15.0 Å². The van der Waals surface area contributed by atoms with Crippen LogP contribution in [0.5, 0.6) is 0 Å². The Balaban J connectivity index is 1.64. The summed E-state index contributed by atoms with van der Waals surface area (Å²) in [7, 11) is 0. The molecule has 0 radical (unpaired) electrons. The zero-order valence-electron chi connectivity index (χ0n) is 12.6. The molecule has 114 valence electrons. The van der Waals surface area contributed by atoms with Gasteiger partial charge in [-0.3, -0.25) is 4.79 Å². The van der Waals surface area contributed by atoms with E-state index in [4.69, 9.17) is 4.74 Å². The van der Waals surface area contributed by atoms with E-state index in [1.165, 1.54) is 12.8 Å². The van der Waals surface area contributed by atoms with Crippen molar-refractivity contribution in [3.05, 3.63) is 23.9 Å². The van der Waals surface area contributed by atoms with E-state index in [-0.39, 0.29) is 11.4 Å². The van der Waals surface area contributed by atoms with Gasteiger partial charge in [0.25, 0.3) is 5.91 Å². The van der Waals surface area contributed by atoms with E-state index in [2.05, 4.69) is 15.2 Å².